The number of aromatic nitrogens is 2. The minimum Gasteiger partial charge on any atom is -0.366 e. The molecule has 1 N–H and O–H groups in total. The zero-order chi connectivity index (χ0) is 13.2. The third-order valence-corrected chi connectivity index (χ3v) is 3.08. The highest BCUT2D eigenvalue weighted by molar-refractivity contribution is 5.38. The average molecular weight is 261 g/mol. The number of rotatable bonds is 4. The van der Waals surface area contributed by atoms with E-state index in [1.165, 1.54) is 31.3 Å². The van der Waals surface area contributed by atoms with Crippen molar-refractivity contribution >= 4 is 5.82 Å². The lowest BCUT2D eigenvalue weighted by atomic mass is 10.2. The quantitative estimate of drug-likeness (QED) is 0.918. The monoisotopic (exact) mass is 261 g/mol. The highest BCUT2D eigenvalue weighted by atomic mass is 19.1. The van der Waals surface area contributed by atoms with Gasteiger partial charge >= 0.3 is 0 Å². The molecule has 98 valence electrons. The van der Waals surface area contributed by atoms with Gasteiger partial charge in [0.2, 0.25) is 0 Å². The first-order valence-electron chi connectivity index (χ1n) is 6.21. The summed E-state index contributed by atoms with van der Waals surface area (Å²) < 4.78 is 26.1. The van der Waals surface area contributed by atoms with Crippen molar-refractivity contribution in [2.24, 2.45) is 0 Å². The van der Waals surface area contributed by atoms with Crippen LogP contribution in [0.4, 0.5) is 14.6 Å². The topological polar surface area (TPSA) is 37.8 Å². The summed E-state index contributed by atoms with van der Waals surface area (Å²) >= 11 is 0. The normalized spacial score (nSPS) is 14.4. The Labute approximate surface area is 109 Å². The molecule has 1 aromatic carbocycles. The van der Waals surface area contributed by atoms with Crippen LogP contribution < -0.4 is 5.32 Å². The smallest absolute Gasteiger partial charge is 0.129 e. The molecule has 1 fully saturated rings. The first kappa shape index (κ1) is 12.0. The first-order chi connectivity index (χ1) is 9.20. The van der Waals surface area contributed by atoms with Crippen LogP contribution in [0, 0.1) is 11.6 Å². The van der Waals surface area contributed by atoms with Crippen molar-refractivity contribution in [3.05, 3.63) is 53.5 Å². The van der Waals surface area contributed by atoms with E-state index >= 15 is 0 Å². The summed E-state index contributed by atoms with van der Waals surface area (Å²) in [5.41, 5.74) is 1.58. The van der Waals surface area contributed by atoms with Crippen LogP contribution in [0.3, 0.4) is 0 Å². The number of halogens is 2. The average Bonchev–Trinajstić information content (AvgIpc) is 3.20. The molecule has 3 nitrogen and oxygen atoms in total. The van der Waals surface area contributed by atoms with Gasteiger partial charge in [0, 0.05) is 30.3 Å². The maximum absolute atomic E-state index is 13.0. The van der Waals surface area contributed by atoms with Gasteiger partial charge in [0.15, 0.2) is 0 Å². The molecule has 0 unspecified atom stereocenters. The van der Waals surface area contributed by atoms with Crippen molar-refractivity contribution in [1.82, 2.24) is 9.97 Å². The Morgan fingerprint density at radius 3 is 2.47 bits per heavy atom. The molecule has 0 amide bonds. The van der Waals surface area contributed by atoms with Crippen molar-refractivity contribution < 1.29 is 8.78 Å². The lowest BCUT2D eigenvalue weighted by Gasteiger charge is -2.07. The Morgan fingerprint density at radius 1 is 1.05 bits per heavy atom. The van der Waals surface area contributed by atoms with Gasteiger partial charge in [-0.05, 0) is 30.5 Å². The fraction of sp³-hybridized carbons (Fsp3) is 0.286. The number of hydrogen-bond acceptors (Lipinski definition) is 3. The molecule has 19 heavy (non-hydrogen) atoms. The molecular formula is C14H13F2N3. The van der Waals surface area contributed by atoms with Crippen LogP contribution in [-0.4, -0.2) is 9.97 Å². The van der Waals surface area contributed by atoms with Gasteiger partial charge in [-0.25, -0.2) is 18.7 Å². The Balaban J connectivity index is 1.69. The lowest BCUT2D eigenvalue weighted by Crippen LogP contribution is -2.03. The molecule has 3 rings (SSSR count). The van der Waals surface area contributed by atoms with Gasteiger partial charge in [0.25, 0.3) is 0 Å². The molecule has 1 saturated carbocycles. The molecule has 0 atom stereocenters. The summed E-state index contributed by atoms with van der Waals surface area (Å²) in [6.45, 7) is 0.329. The fourth-order valence-electron chi connectivity index (χ4n) is 1.98. The van der Waals surface area contributed by atoms with Gasteiger partial charge in [-0.3, -0.25) is 0 Å². The van der Waals surface area contributed by atoms with E-state index in [0.29, 0.717) is 23.8 Å². The second kappa shape index (κ2) is 4.91. The number of anilines is 1. The fourth-order valence-corrected chi connectivity index (χ4v) is 1.98. The van der Waals surface area contributed by atoms with Crippen LogP contribution in [0.5, 0.6) is 0 Å². The zero-order valence-corrected chi connectivity index (χ0v) is 10.2. The van der Waals surface area contributed by atoms with Gasteiger partial charge in [-0.2, -0.15) is 0 Å². The Hall–Kier alpha value is -2.04. The molecule has 5 heteroatoms. The zero-order valence-electron chi connectivity index (χ0n) is 10.2. The van der Waals surface area contributed by atoms with Crippen molar-refractivity contribution in [1.29, 1.82) is 0 Å². The molecule has 0 saturated heterocycles. The summed E-state index contributed by atoms with van der Waals surface area (Å²) in [4.78, 5) is 8.31. The van der Waals surface area contributed by atoms with Crippen LogP contribution in [0.15, 0.2) is 30.6 Å². The maximum atomic E-state index is 13.0. The summed E-state index contributed by atoms with van der Waals surface area (Å²) in [7, 11) is 0. The van der Waals surface area contributed by atoms with Crippen molar-refractivity contribution in [3.8, 4) is 0 Å². The number of nitrogens with one attached hydrogen (secondary N) is 1. The van der Waals surface area contributed by atoms with Gasteiger partial charge in [-0.1, -0.05) is 0 Å². The number of nitrogens with zero attached hydrogens (tertiary/aromatic N) is 2. The summed E-state index contributed by atoms with van der Waals surface area (Å²) in [6.07, 6.45) is 3.86. The second-order valence-electron chi connectivity index (χ2n) is 4.73. The van der Waals surface area contributed by atoms with E-state index in [1.807, 2.05) is 6.07 Å². The van der Waals surface area contributed by atoms with Gasteiger partial charge in [0.05, 0.1) is 0 Å². The second-order valence-corrected chi connectivity index (χ2v) is 4.73. The van der Waals surface area contributed by atoms with E-state index in [9.17, 15) is 8.78 Å². The summed E-state index contributed by atoms with van der Waals surface area (Å²) in [6, 6.07) is 5.37. The third-order valence-electron chi connectivity index (χ3n) is 3.08. The summed E-state index contributed by atoms with van der Waals surface area (Å²) in [5.74, 6) is 0.0908. The van der Waals surface area contributed by atoms with Crippen LogP contribution >= 0.6 is 0 Å². The predicted molar refractivity (Wildman–Crippen MR) is 67.7 cm³/mol. The standard InChI is InChI=1S/C14H13F2N3/c15-11-3-9(4-12(16)5-11)7-17-14-6-13(10-1-2-10)18-8-19-14/h3-6,8,10H,1-2,7H2,(H,17,18,19). The van der Waals surface area contributed by atoms with E-state index in [1.54, 1.807) is 0 Å². The largest absolute Gasteiger partial charge is 0.366 e. The van der Waals surface area contributed by atoms with Crippen molar-refractivity contribution in [2.45, 2.75) is 25.3 Å². The number of hydrogen-bond donors (Lipinski definition) is 1. The van der Waals surface area contributed by atoms with E-state index in [4.69, 9.17) is 0 Å². The van der Waals surface area contributed by atoms with Crippen molar-refractivity contribution in [2.75, 3.05) is 5.32 Å². The highest BCUT2D eigenvalue weighted by Gasteiger charge is 2.25. The minimum absolute atomic E-state index is 0.329. The van der Waals surface area contributed by atoms with Crippen molar-refractivity contribution in [3.63, 3.8) is 0 Å². The Morgan fingerprint density at radius 2 is 1.79 bits per heavy atom. The van der Waals surface area contributed by atoms with E-state index in [-0.39, 0.29) is 0 Å². The third kappa shape index (κ3) is 3.05. The lowest BCUT2D eigenvalue weighted by molar-refractivity contribution is 0.580. The van der Waals surface area contributed by atoms with E-state index in [0.717, 1.165) is 11.8 Å². The molecule has 1 aromatic heterocycles. The molecule has 2 aromatic rings. The number of benzene rings is 1. The highest BCUT2D eigenvalue weighted by Crippen LogP contribution is 2.39. The molecule has 0 spiro atoms. The van der Waals surface area contributed by atoms with Crippen LogP contribution in [-0.2, 0) is 6.54 Å². The predicted octanol–water partition coefficient (Wildman–Crippen LogP) is 3.24. The SMILES string of the molecule is Fc1cc(F)cc(CNc2cc(C3CC3)ncn2)c1. The van der Waals surface area contributed by atoms with Gasteiger partial charge in [0.1, 0.15) is 23.8 Å². The first-order valence-corrected chi connectivity index (χ1v) is 6.21. The Bertz CT molecular complexity index is 577. The Kier molecular flexibility index (Phi) is 3.11. The molecule has 0 aliphatic heterocycles. The molecule has 0 radical (unpaired) electrons. The van der Waals surface area contributed by atoms with Crippen LogP contribution in [0.1, 0.15) is 30.0 Å². The molecule has 1 heterocycles. The minimum atomic E-state index is -0.571. The molecule has 0 bridgehead atoms. The van der Waals surface area contributed by atoms with E-state index in [2.05, 4.69) is 15.3 Å². The molecule has 1 aliphatic rings. The van der Waals surface area contributed by atoms with Crippen LogP contribution in [0.25, 0.3) is 0 Å². The van der Waals surface area contributed by atoms with Gasteiger partial charge in [-0.15, -0.1) is 0 Å². The molecule has 1 aliphatic carbocycles. The van der Waals surface area contributed by atoms with Crippen LogP contribution in [0.2, 0.25) is 0 Å². The maximum Gasteiger partial charge on any atom is 0.129 e. The molecular weight excluding hydrogens is 248 g/mol. The van der Waals surface area contributed by atoms with E-state index < -0.39 is 11.6 Å². The summed E-state index contributed by atoms with van der Waals surface area (Å²) in [5, 5.41) is 3.05. The van der Waals surface area contributed by atoms with Gasteiger partial charge < -0.3 is 5.32 Å².